The molecule has 2 aromatic heterocycles. The Morgan fingerprint density at radius 1 is 0.651 bits per heavy atom. The van der Waals surface area contributed by atoms with Gasteiger partial charge in [-0.05, 0) is 128 Å². The summed E-state index contributed by atoms with van der Waals surface area (Å²) in [4.78, 5) is 56.2. The van der Waals surface area contributed by atoms with Crippen LogP contribution in [0.15, 0.2) is 170 Å². The van der Waals surface area contributed by atoms with Crippen LogP contribution in [-0.4, -0.2) is 67.9 Å². The molecule has 11 rings (SSSR count). The van der Waals surface area contributed by atoms with E-state index in [1.807, 2.05) is 41.0 Å². The first-order valence-electron chi connectivity index (χ1n) is 25.1. The number of carbonyl (C=O) groups excluding carboxylic acids is 1. The van der Waals surface area contributed by atoms with Crippen molar-refractivity contribution in [2.45, 2.75) is 79.3 Å². The summed E-state index contributed by atoms with van der Waals surface area (Å²) in [5.41, 5.74) is 12.4. The lowest BCUT2D eigenvalue weighted by Gasteiger charge is -2.26. The van der Waals surface area contributed by atoms with Gasteiger partial charge in [0, 0.05) is 64.7 Å². The lowest BCUT2D eigenvalue weighted by atomic mass is 9.92. The van der Waals surface area contributed by atoms with Crippen molar-refractivity contribution in [3.05, 3.63) is 227 Å². The summed E-state index contributed by atoms with van der Waals surface area (Å²) >= 11 is 6.62. The van der Waals surface area contributed by atoms with Crippen molar-refractivity contribution in [3.8, 4) is 11.8 Å². The molecule has 4 N–H and O–H groups in total. The number of aryl methyl sites for hydroxylation is 2. The van der Waals surface area contributed by atoms with Crippen molar-refractivity contribution in [1.29, 1.82) is 0 Å². The van der Waals surface area contributed by atoms with Gasteiger partial charge in [-0.15, -0.1) is 25.3 Å². The Morgan fingerprint density at radius 2 is 1.17 bits per heavy atom. The van der Waals surface area contributed by atoms with E-state index in [0.717, 1.165) is 95.3 Å². The summed E-state index contributed by atoms with van der Waals surface area (Å²) in [6.45, 7) is 6.12. The van der Waals surface area contributed by atoms with Gasteiger partial charge in [0.2, 0.25) is 5.91 Å². The van der Waals surface area contributed by atoms with Crippen LogP contribution in [-0.2, 0) is 64.8 Å². The Hall–Kier alpha value is -8.23. The number of carboxylic acids is 1. The highest BCUT2D eigenvalue weighted by Gasteiger charge is 2.23. The number of nitrogens with zero attached hydrogens (tertiary/aromatic N) is 4. The van der Waals surface area contributed by atoms with E-state index >= 15 is 0 Å². The van der Waals surface area contributed by atoms with Crippen LogP contribution in [0.4, 0.5) is 10.1 Å². The van der Waals surface area contributed by atoms with Crippen LogP contribution in [0.25, 0.3) is 21.8 Å². The van der Waals surface area contributed by atoms with Crippen LogP contribution < -0.4 is 22.2 Å². The molecule has 2 unspecified atom stereocenters. The summed E-state index contributed by atoms with van der Waals surface area (Å²) in [7, 11) is -6.22. The molecule has 0 spiro atoms. The number of carboxylic acid groups (broad SMARTS) is 1. The predicted molar refractivity (Wildman–Crippen MR) is 326 cm³/mol. The molecule has 22 heteroatoms. The topological polar surface area (TPSA) is 265 Å². The fourth-order valence-corrected chi connectivity index (χ4v) is 9.78. The maximum atomic E-state index is 13.2. The van der Waals surface area contributed by atoms with E-state index in [9.17, 15) is 23.6 Å². The van der Waals surface area contributed by atoms with Crippen LogP contribution in [0.1, 0.15) is 84.8 Å². The number of aromatic carboxylic acids is 1. The minimum atomic E-state index is -3.11. The Kier molecular flexibility index (Phi) is 26.8. The maximum absolute atomic E-state index is 13.2. The maximum Gasteiger partial charge on any atom is 0.425 e. The molecule has 434 valence electrons. The summed E-state index contributed by atoms with van der Waals surface area (Å²) in [5, 5.41) is 12.8. The van der Waals surface area contributed by atoms with Gasteiger partial charge in [-0.3, -0.25) is 23.5 Å². The number of rotatable bonds is 5. The molecule has 0 bridgehead atoms. The van der Waals surface area contributed by atoms with E-state index < -0.39 is 27.2 Å². The van der Waals surface area contributed by atoms with Crippen molar-refractivity contribution in [2.24, 2.45) is 11.8 Å². The van der Waals surface area contributed by atoms with E-state index in [1.54, 1.807) is 41.0 Å². The van der Waals surface area contributed by atoms with Crippen LogP contribution in [0.3, 0.4) is 0 Å². The van der Waals surface area contributed by atoms with Gasteiger partial charge in [0.1, 0.15) is 17.5 Å². The van der Waals surface area contributed by atoms with Crippen LogP contribution in [0.2, 0.25) is 0 Å². The number of anilines is 1. The number of allylic oxidation sites excluding steroid dienone is 1. The lowest BCUT2D eigenvalue weighted by molar-refractivity contribution is -0.122. The Labute approximate surface area is 499 Å². The van der Waals surface area contributed by atoms with E-state index in [4.69, 9.17) is 41.1 Å². The number of hydrogen-bond acceptors (Lipinski definition) is 13. The van der Waals surface area contributed by atoms with Crippen molar-refractivity contribution in [2.75, 3.05) is 12.3 Å². The molecule has 0 aliphatic carbocycles. The van der Waals surface area contributed by atoms with Crippen molar-refractivity contribution < 1.29 is 44.3 Å². The van der Waals surface area contributed by atoms with Gasteiger partial charge in [-0.2, -0.15) is 0 Å². The quantitative estimate of drug-likeness (QED) is 0.0822. The SMILES string of the molecule is C.C.C=C1CCc2nc3cc(C#Cc4cccc(F)c4)ccc3c(=O)n2C1.Nc1cc(Br)ccc1C(=O)O.O=C1CCC(Cc2ccccc2)CN1.O=S(=O)=O.O=S(=O)=O.O=c1c2ccc(Br)cc2nc2n1CC(Cc1ccccc1)CC2. The average Bonchev–Trinajstić information content (AvgIpc) is 3.48. The normalized spacial score (nSPS) is 14.3. The first-order chi connectivity index (χ1) is 38.7. The predicted octanol–water partition coefficient (Wildman–Crippen LogP) is 10.2. The van der Waals surface area contributed by atoms with Gasteiger partial charge in [0.15, 0.2) is 0 Å². The molecule has 1 fully saturated rings. The number of benzene rings is 6. The smallest absolute Gasteiger partial charge is 0.425 e. The number of nitrogen functional groups attached to an aromatic ring is 1. The van der Waals surface area contributed by atoms with E-state index in [1.165, 1.54) is 29.3 Å². The van der Waals surface area contributed by atoms with E-state index in [2.05, 4.69) is 109 Å². The summed E-state index contributed by atoms with van der Waals surface area (Å²) < 4.78 is 69.2. The standard InChI is InChI=1S/C21H15FN2O.C19H17BrN2O.C12H15NO.C7H6BrNO2.2CH4.2O3S/c1-14-5-10-20-23-19-12-16(7-6-15-3-2-4-17(22)11-15)8-9-18(19)21(25)24(20)13-14;20-15-7-8-16-17(11-15)21-18-9-6-14(12-22(18)19(16)23)10-13-4-2-1-3-5-13;14-12-7-6-11(9-13-12)8-10-4-2-1-3-5-10;8-4-1-2-5(7(10)11)6(9)3-4;;;2*1-4(2)3/h2-4,8-9,11-12H,1,5,10,13H2;1-5,7-8,11,14H,6,9-10,12H2;1-5,11H,6-9H2,(H,13,14);1-3H,9H2,(H,10,11);2*1H4;;. The molecule has 17 nitrogen and oxygen atoms in total. The number of amides is 1. The third-order valence-electron chi connectivity index (χ3n) is 12.9. The van der Waals surface area contributed by atoms with Crippen LogP contribution in [0.5, 0.6) is 0 Å². The third kappa shape index (κ3) is 21.2. The number of halogens is 3. The van der Waals surface area contributed by atoms with Crippen LogP contribution >= 0.6 is 31.9 Å². The van der Waals surface area contributed by atoms with Gasteiger partial charge in [0.05, 0.1) is 27.4 Å². The number of aromatic nitrogens is 4. The molecule has 8 aromatic rings. The minimum Gasteiger partial charge on any atom is -0.478 e. The summed E-state index contributed by atoms with van der Waals surface area (Å²) in [6, 6.07) is 42.8. The molecule has 83 heavy (non-hydrogen) atoms. The van der Waals surface area contributed by atoms with Crippen molar-refractivity contribution >= 4 is 92.4 Å². The van der Waals surface area contributed by atoms with Gasteiger partial charge in [-0.25, -0.2) is 19.2 Å². The Morgan fingerprint density at radius 3 is 1.73 bits per heavy atom. The highest BCUT2D eigenvalue weighted by Crippen LogP contribution is 2.25. The highest BCUT2D eigenvalue weighted by molar-refractivity contribution is 9.10. The number of piperidine rings is 1. The second kappa shape index (κ2) is 33.0. The molecule has 1 saturated heterocycles. The van der Waals surface area contributed by atoms with Crippen molar-refractivity contribution in [1.82, 2.24) is 24.4 Å². The molecule has 0 radical (unpaired) electrons. The second-order valence-corrected chi connectivity index (χ2v) is 21.4. The molecule has 5 heterocycles. The van der Waals surface area contributed by atoms with E-state index in [0.29, 0.717) is 46.7 Å². The average molecular weight is 1300 g/mol. The van der Waals surface area contributed by atoms with Gasteiger partial charge in [-0.1, -0.05) is 137 Å². The fourth-order valence-electron chi connectivity index (χ4n) is 9.05. The molecule has 0 saturated carbocycles. The molecule has 2 atom stereocenters. The Balaban J connectivity index is 0.000000234. The highest BCUT2D eigenvalue weighted by atomic mass is 79.9. The number of fused-ring (bicyclic) bond motifs is 4. The summed E-state index contributed by atoms with van der Waals surface area (Å²) in [5.74, 6) is 7.66. The second-order valence-electron chi connectivity index (χ2n) is 18.7. The summed E-state index contributed by atoms with van der Waals surface area (Å²) in [6.07, 6.45) is 7.36. The molecule has 1 amide bonds. The molecular weight excluding hydrogens is 1240 g/mol. The zero-order valence-electron chi connectivity index (χ0n) is 43.3. The molecule has 6 aromatic carbocycles. The van der Waals surface area contributed by atoms with Gasteiger partial charge >= 0.3 is 27.2 Å². The zero-order chi connectivity index (χ0) is 58.6. The number of carbonyl (C=O) groups is 2. The number of nitrogens with two attached hydrogens (primary N) is 1. The Bertz CT molecular complexity index is 3980. The number of nitrogens with one attached hydrogen (secondary N) is 1. The van der Waals surface area contributed by atoms with Gasteiger partial charge in [0.25, 0.3) is 11.1 Å². The van der Waals surface area contributed by atoms with E-state index in [-0.39, 0.29) is 48.9 Å². The largest absolute Gasteiger partial charge is 0.478 e. The van der Waals surface area contributed by atoms with Crippen LogP contribution in [0, 0.1) is 29.5 Å². The first kappa shape index (κ1) is 67.3. The fraction of sp³-hybridized carbons (Fsp3) is 0.246. The third-order valence-corrected chi connectivity index (χ3v) is 13.8. The number of hydrogen-bond donors (Lipinski definition) is 3. The molecule has 3 aliphatic heterocycles. The minimum absolute atomic E-state index is 0. The lowest BCUT2D eigenvalue weighted by Crippen LogP contribution is -2.35. The molecule has 3 aliphatic rings. The first-order valence-corrected chi connectivity index (χ1v) is 28.6. The zero-order valence-corrected chi connectivity index (χ0v) is 48.1. The van der Waals surface area contributed by atoms with Gasteiger partial charge < -0.3 is 16.2 Å². The van der Waals surface area contributed by atoms with Crippen molar-refractivity contribution in [3.63, 3.8) is 0 Å². The monoisotopic (exact) mass is 1290 g/mol. The molecular formula is C61H61Br2FN6O11S2.